The maximum absolute atomic E-state index is 12.8. The lowest BCUT2D eigenvalue weighted by Gasteiger charge is -2.18. The van der Waals surface area contributed by atoms with E-state index in [-0.39, 0.29) is 44.0 Å². The second kappa shape index (κ2) is 53.7. The SMILES string of the molecule is CC\C=C/C=C\C=C/C=C\C=C/CCCC(=O)OCC(COC(=O)CCCCCCCCCCCCCCCCCCCCC)OC(=O)CCCCC/C=C\C/C=C\C/C=C\C/C=C\CC. The molecule has 0 saturated heterocycles. The van der Waals surface area contributed by atoms with Crippen molar-refractivity contribution in [2.45, 2.75) is 239 Å². The van der Waals surface area contributed by atoms with Gasteiger partial charge < -0.3 is 14.2 Å². The first kappa shape index (κ1) is 62.1. The molecule has 374 valence electrons. The summed E-state index contributed by atoms with van der Waals surface area (Å²) < 4.78 is 16.7. The van der Waals surface area contributed by atoms with Gasteiger partial charge in [-0.3, -0.25) is 14.4 Å². The third kappa shape index (κ3) is 51.1. The Balaban J connectivity index is 4.48. The molecule has 0 fully saturated rings. The van der Waals surface area contributed by atoms with Crippen molar-refractivity contribution >= 4 is 17.9 Å². The van der Waals surface area contributed by atoms with Crippen molar-refractivity contribution in [1.82, 2.24) is 0 Å². The van der Waals surface area contributed by atoms with Crippen molar-refractivity contribution in [3.05, 3.63) is 109 Å². The number of hydrogen-bond donors (Lipinski definition) is 0. The molecule has 6 heteroatoms. The maximum atomic E-state index is 12.8. The van der Waals surface area contributed by atoms with Gasteiger partial charge in [0.05, 0.1) is 0 Å². The van der Waals surface area contributed by atoms with Crippen molar-refractivity contribution in [1.29, 1.82) is 0 Å². The highest BCUT2D eigenvalue weighted by Gasteiger charge is 2.19. The van der Waals surface area contributed by atoms with Crippen molar-refractivity contribution in [2.24, 2.45) is 0 Å². The summed E-state index contributed by atoms with van der Waals surface area (Å²) in [7, 11) is 0. The van der Waals surface area contributed by atoms with Crippen molar-refractivity contribution in [3.63, 3.8) is 0 Å². The van der Waals surface area contributed by atoms with E-state index >= 15 is 0 Å². The third-order valence-electron chi connectivity index (χ3n) is 11.2. The van der Waals surface area contributed by atoms with Crippen LogP contribution in [0, 0.1) is 0 Å². The average molecular weight is 915 g/mol. The highest BCUT2D eigenvalue weighted by Crippen LogP contribution is 2.16. The van der Waals surface area contributed by atoms with Gasteiger partial charge in [0.15, 0.2) is 6.10 Å². The predicted molar refractivity (Wildman–Crippen MR) is 283 cm³/mol. The van der Waals surface area contributed by atoms with Gasteiger partial charge in [-0.15, -0.1) is 0 Å². The molecule has 0 spiro atoms. The van der Waals surface area contributed by atoms with Crippen LogP contribution >= 0.6 is 0 Å². The number of rotatable bonds is 47. The summed E-state index contributed by atoms with van der Waals surface area (Å²) >= 11 is 0. The molecule has 0 aliphatic heterocycles. The molecule has 0 N–H and O–H groups in total. The van der Waals surface area contributed by atoms with Crippen LogP contribution in [-0.2, 0) is 28.6 Å². The maximum Gasteiger partial charge on any atom is 0.306 e. The van der Waals surface area contributed by atoms with E-state index in [1.807, 2.05) is 54.7 Å². The normalized spacial score (nSPS) is 13.0. The molecule has 0 aromatic carbocycles. The van der Waals surface area contributed by atoms with E-state index in [0.29, 0.717) is 19.3 Å². The summed E-state index contributed by atoms with van der Waals surface area (Å²) in [5.74, 6) is -1.02. The van der Waals surface area contributed by atoms with Crippen molar-refractivity contribution in [2.75, 3.05) is 13.2 Å². The summed E-state index contributed by atoms with van der Waals surface area (Å²) in [6.45, 7) is 6.29. The van der Waals surface area contributed by atoms with Gasteiger partial charge in [0, 0.05) is 19.3 Å². The molecule has 0 aliphatic rings. The lowest BCUT2D eigenvalue weighted by atomic mass is 10.0. The summed E-state index contributed by atoms with van der Waals surface area (Å²) in [5.41, 5.74) is 0. The van der Waals surface area contributed by atoms with Crippen LogP contribution in [0.15, 0.2) is 109 Å². The van der Waals surface area contributed by atoms with Crippen molar-refractivity contribution < 1.29 is 28.6 Å². The Hall–Kier alpha value is -3.93. The molecule has 1 unspecified atom stereocenters. The Labute approximate surface area is 406 Å². The molecule has 0 aliphatic carbocycles. The molecule has 0 aromatic heterocycles. The molecule has 0 heterocycles. The van der Waals surface area contributed by atoms with Crippen molar-refractivity contribution in [3.8, 4) is 0 Å². The number of esters is 3. The van der Waals surface area contributed by atoms with E-state index < -0.39 is 6.10 Å². The average Bonchev–Trinajstić information content (AvgIpc) is 3.31. The van der Waals surface area contributed by atoms with Gasteiger partial charge >= 0.3 is 17.9 Å². The van der Waals surface area contributed by atoms with Crippen LogP contribution in [0.2, 0.25) is 0 Å². The molecule has 66 heavy (non-hydrogen) atoms. The van der Waals surface area contributed by atoms with Gasteiger partial charge in [-0.2, -0.15) is 0 Å². The lowest BCUT2D eigenvalue weighted by molar-refractivity contribution is -0.167. The van der Waals surface area contributed by atoms with Crippen LogP contribution in [0.25, 0.3) is 0 Å². The Kier molecular flexibility index (Phi) is 50.5. The first-order valence-corrected chi connectivity index (χ1v) is 27.0. The quantitative estimate of drug-likeness (QED) is 0.0199. The molecule has 6 nitrogen and oxygen atoms in total. The number of hydrogen-bond acceptors (Lipinski definition) is 6. The zero-order valence-electron chi connectivity index (χ0n) is 42.7. The molecule has 0 rings (SSSR count). The van der Waals surface area contributed by atoms with Crippen LogP contribution < -0.4 is 0 Å². The third-order valence-corrected chi connectivity index (χ3v) is 11.2. The number of ether oxygens (including phenoxy) is 3. The van der Waals surface area contributed by atoms with Gasteiger partial charge in [-0.05, 0) is 70.6 Å². The molecule has 1 atom stereocenters. The molecule has 0 radical (unpaired) electrons. The fourth-order valence-electron chi connectivity index (χ4n) is 7.17. The number of unbranched alkanes of at least 4 members (excludes halogenated alkanes) is 22. The molecular weight excluding hydrogens is 817 g/mol. The highest BCUT2D eigenvalue weighted by molar-refractivity contribution is 5.71. The predicted octanol–water partition coefficient (Wildman–Crippen LogP) is 17.9. The zero-order valence-corrected chi connectivity index (χ0v) is 42.7. The van der Waals surface area contributed by atoms with Gasteiger partial charge in [-0.25, -0.2) is 0 Å². The number of allylic oxidation sites excluding steroid dienone is 18. The van der Waals surface area contributed by atoms with E-state index in [0.717, 1.165) is 77.0 Å². The van der Waals surface area contributed by atoms with E-state index in [2.05, 4.69) is 75.5 Å². The minimum absolute atomic E-state index is 0.114. The van der Waals surface area contributed by atoms with Gasteiger partial charge in [0.25, 0.3) is 0 Å². The monoisotopic (exact) mass is 915 g/mol. The second-order valence-corrected chi connectivity index (χ2v) is 17.5. The molecule has 0 saturated carbocycles. The summed E-state index contributed by atoms with van der Waals surface area (Å²) in [6.07, 6.45) is 72.3. The second-order valence-electron chi connectivity index (χ2n) is 17.5. The van der Waals surface area contributed by atoms with Crippen LogP contribution in [-0.4, -0.2) is 37.2 Å². The summed E-state index contributed by atoms with van der Waals surface area (Å²) in [6, 6.07) is 0. The zero-order chi connectivity index (χ0) is 47.9. The number of carbonyl (C=O) groups excluding carboxylic acids is 3. The fraction of sp³-hybridized carbons (Fsp3) is 0.650. The van der Waals surface area contributed by atoms with E-state index in [1.54, 1.807) is 0 Å². The first-order chi connectivity index (χ1) is 32.5. The van der Waals surface area contributed by atoms with Gasteiger partial charge in [-0.1, -0.05) is 252 Å². The minimum atomic E-state index is -0.824. The van der Waals surface area contributed by atoms with E-state index in [9.17, 15) is 14.4 Å². The Morgan fingerprint density at radius 2 is 0.682 bits per heavy atom. The van der Waals surface area contributed by atoms with E-state index in [1.165, 1.54) is 103 Å². The molecule has 0 bridgehead atoms. The number of carbonyl (C=O) groups is 3. The van der Waals surface area contributed by atoms with Crippen LogP contribution in [0.3, 0.4) is 0 Å². The Morgan fingerprint density at radius 3 is 1.15 bits per heavy atom. The van der Waals surface area contributed by atoms with Crippen LogP contribution in [0.1, 0.15) is 233 Å². The first-order valence-electron chi connectivity index (χ1n) is 27.0. The minimum Gasteiger partial charge on any atom is -0.462 e. The summed E-state index contributed by atoms with van der Waals surface area (Å²) in [5, 5.41) is 0. The van der Waals surface area contributed by atoms with E-state index in [4.69, 9.17) is 14.2 Å². The van der Waals surface area contributed by atoms with Gasteiger partial charge in [0.1, 0.15) is 13.2 Å². The largest absolute Gasteiger partial charge is 0.462 e. The molecule has 0 aromatic rings. The fourth-order valence-corrected chi connectivity index (χ4v) is 7.17. The summed E-state index contributed by atoms with van der Waals surface area (Å²) in [4.78, 5) is 38.0. The standard InChI is InChI=1S/C60H98O6/c1-4-7-10-13-16-19-22-25-27-29-30-31-33-35-38-41-44-47-50-53-59(62)65-56-57(55-64-58(61)52-49-46-43-40-37-34-24-21-18-15-12-9-6-3)66-60(63)54-51-48-45-42-39-36-32-28-26-23-20-17-14-11-8-5-2/h8-9,11-12,15,17-18,20-21,24,26,28,34,36-37,39-40,43,57H,4-7,10,13-14,16,19,22-23,25,27,29-33,35,38,41-42,44-56H2,1-3H3/b11-8-,12-9-,18-15-,20-17-,24-21-,28-26-,37-34-,39-36-,43-40-. The van der Waals surface area contributed by atoms with Gasteiger partial charge in [0.2, 0.25) is 0 Å². The Bertz CT molecular complexity index is 1370. The molecular formula is C60H98O6. The smallest absolute Gasteiger partial charge is 0.306 e. The lowest BCUT2D eigenvalue weighted by Crippen LogP contribution is -2.30. The molecule has 0 amide bonds. The highest BCUT2D eigenvalue weighted by atomic mass is 16.6. The Morgan fingerprint density at radius 1 is 0.333 bits per heavy atom. The van der Waals surface area contributed by atoms with Crippen LogP contribution in [0.4, 0.5) is 0 Å². The topological polar surface area (TPSA) is 78.9 Å². The van der Waals surface area contributed by atoms with Crippen LogP contribution in [0.5, 0.6) is 0 Å².